The van der Waals surface area contributed by atoms with Crippen molar-refractivity contribution in [2.75, 3.05) is 19.8 Å². The van der Waals surface area contributed by atoms with E-state index in [1.54, 1.807) is 0 Å². The van der Waals surface area contributed by atoms with Gasteiger partial charge in [-0.3, -0.25) is 14.3 Å². The number of aromatic nitrogens is 2. The fourth-order valence-electron chi connectivity index (χ4n) is 2.39. The molecule has 180 valence electrons. The third kappa shape index (κ3) is 7.23. The number of oxazole rings is 1. The average molecular weight is 488 g/mol. The summed E-state index contributed by atoms with van der Waals surface area (Å²) in [5.41, 5.74) is 5.04. The van der Waals surface area contributed by atoms with Crippen molar-refractivity contribution < 1.29 is 38.8 Å². The molecule has 33 heavy (non-hydrogen) atoms. The van der Waals surface area contributed by atoms with Gasteiger partial charge in [0.1, 0.15) is 18.2 Å². The van der Waals surface area contributed by atoms with Crippen LogP contribution in [-0.2, 0) is 17.9 Å². The smallest absolute Gasteiger partial charge is 0.419 e. The van der Waals surface area contributed by atoms with Crippen LogP contribution in [0.5, 0.6) is 5.75 Å². The molecule has 0 saturated carbocycles. The molecular weight excluding hydrogens is 465 g/mol. The zero-order valence-electron chi connectivity index (χ0n) is 17.3. The van der Waals surface area contributed by atoms with Crippen LogP contribution in [0.15, 0.2) is 39.7 Å². The molecule has 0 fully saturated rings. The highest BCUT2D eigenvalue weighted by molar-refractivity contribution is 6.32. The molecule has 13 heteroatoms. The summed E-state index contributed by atoms with van der Waals surface area (Å²) >= 11 is 6.16. The van der Waals surface area contributed by atoms with Crippen LogP contribution in [-0.4, -0.2) is 61.3 Å². The minimum absolute atomic E-state index is 0.0306. The van der Waals surface area contributed by atoms with Crippen LogP contribution in [0.3, 0.4) is 0 Å². The van der Waals surface area contributed by atoms with E-state index in [2.05, 4.69) is 4.98 Å². The first-order valence-electron chi connectivity index (χ1n) is 9.52. The van der Waals surface area contributed by atoms with Gasteiger partial charge in [0.15, 0.2) is 5.58 Å². The minimum Gasteiger partial charge on any atom is -0.486 e. The van der Waals surface area contributed by atoms with E-state index in [1.165, 1.54) is 28.8 Å². The quantitative estimate of drug-likeness (QED) is 0.285. The number of aryl methyl sites for hydroxylation is 1. The molecule has 0 unspecified atom stereocenters. The monoisotopic (exact) mass is 487 g/mol. The van der Waals surface area contributed by atoms with Crippen molar-refractivity contribution in [1.82, 2.24) is 9.55 Å². The Morgan fingerprint density at radius 2 is 1.91 bits per heavy atom. The SMILES string of the molecule is NC(CO)(CO)CO.O=C(O)CCn1c(=O)oc2cc(OCc3ccc(F)cn3)c(Cl)cc21. The molecule has 0 radical (unpaired) electrons. The van der Waals surface area contributed by atoms with Gasteiger partial charge in [0.25, 0.3) is 0 Å². The molecule has 0 amide bonds. The molecule has 0 atom stereocenters. The maximum Gasteiger partial charge on any atom is 0.419 e. The van der Waals surface area contributed by atoms with E-state index in [0.29, 0.717) is 11.2 Å². The summed E-state index contributed by atoms with van der Waals surface area (Å²) in [6.07, 6.45) is 0.853. The molecule has 0 bridgehead atoms. The lowest BCUT2D eigenvalue weighted by Gasteiger charge is -2.20. The summed E-state index contributed by atoms with van der Waals surface area (Å²) in [6.45, 7) is -1.19. The number of rotatable bonds is 9. The number of pyridine rings is 1. The molecule has 0 aliphatic carbocycles. The van der Waals surface area contributed by atoms with Crippen molar-refractivity contribution in [2.24, 2.45) is 5.73 Å². The highest BCUT2D eigenvalue weighted by Crippen LogP contribution is 2.30. The standard InChI is InChI=1S/C16H12ClFN2O5.C4H11NO3/c17-11-5-12-14(25-16(23)20(12)4-3-15(21)22)6-13(11)24-8-10-2-1-9(18)7-19-10;5-4(1-6,2-7)3-8/h1-2,5-7H,3-4,8H2,(H,21,22);6-8H,1-3,5H2. The van der Waals surface area contributed by atoms with Crippen LogP contribution >= 0.6 is 11.6 Å². The Morgan fingerprint density at radius 1 is 1.24 bits per heavy atom. The predicted octanol–water partition coefficient (Wildman–Crippen LogP) is 0.496. The van der Waals surface area contributed by atoms with Crippen LogP contribution in [0, 0.1) is 5.82 Å². The topological polar surface area (TPSA) is 181 Å². The normalized spacial score (nSPS) is 11.2. The summed E-state index contributed by atoms with van der Waals surface area (Å²) < 4.78 is 24.7. The molecule has 0 aliphatic rings. The first-order valence-corrected chi connectivity index (χ1v) is 9.89. The number of nitrogens with two attached hydrogens (primary N) is 1. The Hall–Kier alpha value is -3.03. The Labute approximate surface area is 191 Å². The van der Waals surface area contributed by atoms with E-state index < -0.39 is 42.9 Å². The number of carbonyl (C=O) groups is 1. The van der Waals surface area contributed by atoms with E-state index >= 15 is 0 Å². The van der Waals surface area contributed by atoms with Crippen molar-refractivity contribution in [3.63, 3.8) is 0 Å². The third-order valence-corrected chi connectivity index (χ3v) is 4.68. The second-order valence-electron chi connectivity index (χ2n) is 7.01. The highest BCUT2D eigenvalue weighted by atomic mass is 35.5. The lowest BCUT2D eigenvalue weighted by Crippen LogP contribution is -2.50. The van der Waals surface area contributed by atoms with Gasteiger partial charge in [-0.1, -0.05) is 11.6 Å². The van der Waals surface area contributed by atoms with Crippen LogP contribution < -0.4 is 16.2 Å². The largest absolute Gasteiger partial charge is 0.486 e. The Morgan fingerprint density at radius 3 is 2.42 bits per heavy atom. The molecule has 0 aliphatic heterocycles. The van der Waals surface area contributed by atoms with Crippen LogP contribution in [0.1, 0.15) is 12.1 Å². The van der Waals surface area contributed by atoms with Gasteiger partial charge in [0.2, 0.25) is 0 Å². The molecule has 1 aromatic carbocycles. The fraction of sp³-hybridized carbons (Fsp3) is 0.350. The second kappa shape index (κ2) is 11.7. The molecular formula is C20H23ClFN3O8. The third-order valence-electron chi connectivity index (χ3n) is 4.38. The number of carboxylic acid groups (broad SMARTS) is 1. The van der Waals surface area contributed by atoms with Gasteiger partial charge in [-0.25, -0.2) is 9.18 Å². The zero-order chi connectivity index (χ0) is 24.6. The number of aliphatic hydroxyl groups excluding tert-OH is 3. The molecule has 0 saturated heterocycles. The molecule has 2 heterocycles. The number of halogens is 2. The van der Waals surface area contributed by atoms with E-state index in [1.807, 2.05) is 0 Å². The van der Waals surface area contributed by atoms with Gasteiger partial charge in [-0.2, -0.15) is 0 Å². The summed E-state index contributed by atoms with van der Waals surface area (Å²) in [4.78, 5) is 26.4. The average Bonchev–Trinajstić information content (AvgIpc) is 3.10. The minimum atomic E-state index is -1.21. The van der Waals surface area contributed by atoms with Gasteiger partial charge in [0.05, 0.1) is 54.2 Å². The molecule has 6 N–H and O–H groups in total. The van der Waals surface area contributed by atoms with Crippen LogP contribution in [0.4, 0.5) is 4.39 Å². The Balaban J connectivity index is 0.000000414. The van der Waals surface area contributed by atoms with E-state index in [4.69, 9.17) is 46.9 Å². The van der Waals surface area contributed by atoms with Gasteiger partial charge < -0.3 is 35.3 Å². The number of aliphatic carboxylic acids is 1. The Kier molecular flexibility index (Phi) is 9.32. The lowest BCUT2D eigenvalue weighted by molar-refractivity contribution is -0.137. The molecule has 2 aromatic heterocycles. The summed E-state index contributed by atoms with van der Waals surface area (Å²) in [5.74, 6) is -1.89. The molecule has 3 aromatic rings. The van der Waals surface area contributed by atoms with Crippen LogP contribution in [0.25, 0.3) is 11.1 Å². The summed E-state index contributed by atoms with van der Waals surface area (Å²) in [5, 5.41) is 34.0. The number of fused-ring (bicyclic) bond motifs is 1. The fourth-order valence-corrected chi connectivity index (χ4v) is 2.60. The molecule has 11 nitrogen and oxygen atoms in total. The first kappa shape index (κ1) is 26.2. The summed E-state index contributed by atoms with van der Waals surface area (Å²) in [7, 11) is 0. The van der Waals surface area contributed by atoms with Gasteiger partial charge in [0, 0.05) is 12.6 Å². The van der Waals surface area contributed by atoms with Crippen molar-refractivity contribution >= 4 is 28.7 Å². The first-order chi connectivity index (χ1) is 15.6. The zero-order valence-corrected chi connectivity index (χ0v) is 18.0. The number of nitrogens with zero attached hydrogens (tertiary/aromatic N) is 2. The predicted molar refractivity (Wildman–Crippen MR) is 114 cm³/mol. The van der Waals surface area contributed by atoms with Gasteiger partial charge >= 0.3 is 11.7 Å². The van der Waals surface area contributed by atoms with Crippen molar-refractivity contribution in [1.29, 1.82) is 0 Å². The van der Waals surface area contributed by atoms with Crippen molar-refractivity contribution in [2.45, 2.75) is 25.1 Å². The maximum absolute atomic E-state index is 12.8. The number of hydrogen-bond donors (Lipinski definition) is 5. The van der Waals surface area contributed by atoms with E-state index in [-0.39, 0.29) is 35.9 Å². The number of carboxylic acids is 1. The van der Waals surface area contributed by atoms with E-state index in [0.717, 1.165) is 6.20 Å². The van der Waals surface area contributed by atoms with Crippen molar-refractivity contribution in [3.05, 3.63) is 57.5 Å². The van der Waals surface area contributed by atoms with Gasteiger partial charge in [-0.15, -0.1) is 0 Å². The van der Waals surface area contributed by atoms with Gasteiger partial charge in [-0.05, 0) is 18.2 Å². The lowest BCUT2D eigenvalue weighted by atomic mass is 10.1. The molecule has 3 rings (SSSR count). The second-order valence-corrected chi connectivity index (χ2v) is 7.41. The number of aliphatic hydroxyl groups is 3. The Bertz CT molecular complexity index is 1120. The van der Waals surface area contributed by atoms with Crippen molar-refractivity contribution in [3.8, 4) is 5.75 Å². The molecule has 0 spiro atoms. The number of benzene rings is 1. The number of ether oxygens (including phenoxy) is 1. The van der Waals surface area contributed by atoms with Crippen LogP contribution in [0.2, 0.25) is 5.02 Å². The summed E-state index contributed by atoms with van der Waals surface area (Å²) in [6, 6.07) is 5.65. The highest BCUT2D eigenvalue weighted by Gasteiger charge is 2.20. The van der Waals surface area contributed by atoms with E-state index in [9.17, 15) is 14.0 Å². The number of hydrogen-bond acceptors (Lipinski definition) is 9. The maximum atomic E-state index is 12.8.